The average Bonchev–Trinajstić information content (AvgIpc) is 3.26. The summed E-state index contributed by atoms with van der Waals surface area (Å²) < 4.78 is 97.7. The summed E-state index contributed by atoms with van der Waals surface area (Å²) in [7, 11) is 2.95. The van der Waals surface area contributed by atoms with Gasteiger partial charge in [0.2, 0.25) is 0 Å². The lowest BCUT2D eigenvalue weighted by atomic mass is 9.72. The summed E-state index contributed by atoms with van der Waals surface area (Å²) in [5.74, 6) is 0.131. The Bertz CT molecular complexity index is 1530. The third kappa shape index (κ3) is 6.71. The van der Waals surface area contributed by atoms with Gasteiger partial charge >= 0.3 is 24.4 Å². The number of hydrogen-bond acceptors (Lipinski definition) is 5. The third-order valence-corrected chi connectivity index (χ3v) is 9.47. The van der Waals surface area contributed by atoms with Crippen LogP contribution in [-0.4, -0.2) is 43.8 Å². The standard InChI is InChI=1S/C34H37F6NO5/c1-18-29(22-11-24(33(35,36)37)15-25(12-22)34(38,39)40)46-31(43)41(18)17-23-16-32(2,3)9-8-26(23)27-13-21-10-20(30(42)45-5)7-6-19(21)14-28(27)44-4/h11-15,18,20,29H,6-10,16-17H2,1-5H3. The minimum atomic E-state index is -5.03. The van der Waals surface area contributed by atoms with E-state index >= 15 is 0 Å². The van der Waals surface area contributed by atoms with E-state index in [9.17, 15) is 35.9 Å². The van der Waals surface area contributed by atoms with Crippen molar-refractivity contribution in [1.82, 2.24) is 4.90 Å². The minimum Gasteiger partial charge on any atom is -0.496 e. The van der Waals surface area contributed by atoms with Crippen LogP contribution in [0.15, 0.2) is 35.9 Å². The van der Waals surface area contributed by atoms with Gasteiger partial charge in [0.25, 0.3) is 0 Å². The second-order valence-electron chi connectivity index (χ2n) is 13.2. The van der Waals surface area contributed by atoms with Crippen LogP contribution in [0.25, 0.3) is 5.57 Å². The van der Waals surface area contributed by atoms with Crippen LogP contribution >= 0.6 is 0 Å². The highest BCUT2D eigenvalue weighted by molar-refractivity contribution is 5.78. The highest BCUT2D eigenvalue weighted by Crippen LogP contribution is 2.47. The van der Waals surface area contributed by atoms with Crippen molar-refractivity contribution in [2.45, 2.75) is 83.8 Å². The van der Waals surface area contributed by atoms with Crippen molar-refractivity contribution < 1.29 is 50.1 Å². The van der Waals surface area contributed by atoms with Crippen molar-refractivity contribution in [3.63, 3.8) is 0 Å². The molecule has 1 saturated heterocycles. The van der Waals surface area contributed by atoms with Crippen LogP contribution in [-0.2, 0) is 39.5 Å². The average molecular weight is 654 g/mol. The molecule has 250 valence electrons. The fraction of sp³-hybridized carbons (Fsp3) is 0.529. The van der Waals surface area contributed by atoms with Gasteiger partial charge in [0.1, 0.15) is 11.9 Å². The molecule has 3 atom stereocenters. The van der Waals surface area contributed by atoms with Gasteiger partial charge in [-0.15, -0.1) is 0 Å². The maximum Gasteiger partial charge on any atom is 0.416 e. The van der Waals surface area contributed by atoms with Crippen LogP contribution in [0, 0.1) is 11.3 Å². The monoisotopic (exact) mass is 653 g/mol. The summed E-state index contributed by atoms with van der Waals surface area (Å²) in [4.78, 5) is 26.9. The maximum atomic E-state index is 13.6. The smallest absolute Gasteiger partial charge is 0.416 e. The fourth-order valence-corrected chi connectivity index (χ4v) is 6.96. The lowest BCUT2D eigenvalue weighted by Crippen LogP contribution is -2.35. The van der Waals surface area contributed by atoms with Gasteiger partial charge in [-0.05, 0) is 109 Å². The maximum absolute atomic E-state index is 13.6. The third-order valence-electron chi connectivity index (χ3n) is 9.47. The second kappa shape index (κ2) is 12.2. The van der Waals surface area contributed by atoms with Crippen LogP contribution < -0.4 is 4.74 Å². The number of carbonyl (C=O) groups is 2. The van der Waals surface area contributed by atoms with Crippen molar-refractivity contribution in [3.8, 4) is 5.75 Å². The first-order valence-electron chi connectivity index (χ1n) is 15.2. The van der Waals surface area contributed by atoms with Gasteiger partial charge in [-0.25, -0.2) is 4.79 Å². The van der Waals surface area contributed by atoms with Crippen LogP contribution in [0.4, 0.5) is 31.1 Å². The van der Waals surface area contributed by atoms with Gasteiger partial charge < -0.3 is 14.2 Å². The number of rotatable bonds is 6. The van der Waals surface area contributed by atoms with Crippen molar-refractivity contribution >= 4 is 17.6 Å². The molecule has 2 aromatic rings. The number of benzene rings is 2. The molecule has 0 spiro atoms. The molecule has 0 N–H and O–H groups in total. The molecule has 0 aromatic heterocycles. The van der Waals surface area contributed by atoms with E-state index in [4.69, 9.17) is 14.2 Å². The molecule has 1 heterocycles. The number of ether oxygens (including phenoxy) is 3. The SMILES string of the molecule is COC(=O)C1CCc2cc(OC)c(C3=C(CN4C(=O)OC(c5cc(C(F)(F)F)cc(C(F)(F)F)c5)C4C)CC(C)(C)CC3)cc2C1. The molecule has 2 aliphatic carbocycles. The van der Waals surface area contributed by atoms with Gasteiger partial charge in [-0.2, -0.15) is 26.3 Å². The molecule has 6 nitrogen and oxygen atoms in total. The number of nitrogens with zero attached hydrogens (tertiary/aromatic N) is 1. The predicted molar refractivity (Wildman–Crippen MR) is 157 cm³/mol. The number of carbonyl (C=O) groups excluding carboxylic acids is 2. The van der Waals surface area contributed by atoms with E-state index in [0.29, 0.717) is 50.0 Å². The summed E-state index contributed by atoms with van der Waals surface area (Å²) in [6.45, 7) is 5.84. The van der Waals surface area contributed by atoms with E-state index in [1.165, 1.54) is 12.0 Å². The molecule has 3 unspecified atom stereocenters. The molecule has 2 aromatic carbocycles. The quantitative estimate of drug-likeness (QED) is 0.231. The van der Waals surface area contributed by atoms with Crippen molar-refractivity contribution in [2.24, 2.45) is 11.3 Å². The van der Waals surface area contributed by atoms with Crippen molar-refractivity contribution in [1.29, 1.82) is 0 Å². The number of aryl methyl sites for hydroxylation is 1. The number of halogens is 6. The number of fused-ring (bicyclic) bond motifs is 1. The number of hydrogen-bond donors (Lipinski definition) is 0. The molecule has 1 amide bonds. The molecule has 3 aliphatic rings. The van der Waals surface area contributed by atoms with Gasteiger partial charge in [0.05, 0.1) is 37.3 Å². The lowest BCUT2D eigenvalue weighted by molar-refractivity contribution is -0.146. The topological polar surface area (TPSA) is 65.1 Å². The van der Waals surface area contributed by atoms with Crippen molar-refractivity contribution in [2.75, 3.05) is 20.8 Å². The number of amides is 1. The summed E-state index contributed by atoms with van der Waals surface area (Å²) in [6, 6.07) is 4.44. The van der Waals surface area contributed by atoms with Crippen LogP contribution in [0.5, 0.6) is 5.75 Å². The molecule has 1 fully saturated rings. The van der Waals surface area contributed by atoms with Crippen LogP contribution in [0.1, 0.15) is 85.9 Å². The van der Waals surface area contributed by atoms with E-state index in [2.05, 4.69) is 13.8 Å². The Morgan fingerprint density at radius 2 is 1.63 bits per heavy atom. The number of allylic oxidation sites excluding steroid dienone is 1. The molecule has 1 aliphatic heterocycles. The Kier molecular flexibility index (Phi) is 8.89. The largest absolute Gasteiger partial charge is 0.496 e. The van der Waals surface area contributed by atoms with E-state index in [1.807, 2.05) is 12.1 Å². The second-order valence-corrected chi connectivity index (χ2v) is 13.2. The van der Waals surface area contributed by atoms with Crippen LogP contribution in [0.2, 0.25) is 0 Å². The van der Waals surface area contributed by atoms with E-state index in [1.54, 1.807) is 14.0 Å². The van der Waals surface area contributed by atoms with Crippen molar-refractivity contribution in [3.05, 3.63) is 69.3 Å². The highest BCUT2D eigenvalue weighted by Gasteiger charge is 2.44. The van der Waals surface area contributed by atoms with E-state index in [-0.39, 0.29) is 35.5 Å². The molecular weight excluding hydrogens is 616 g/mol. The Balaban J connectivity index is 1.52. The molecule has 0 radical (unpaired) electrons. The lowest BCUT2D eigenvalue weighted by Gasteiger charge is -2.36. The molecule has 5 rings (SSSR count). The zero-order chi connectivity index (χ0) is 33.8. The summed E-state index contributed by atoms with van der Waals surface area (Å²) >= 11 is 0. The number of cyclic esters (lactones) is 1. The van der Waals surface area contributed by atoms with Gasteiger partial charge in [-0.3, -0.25) is 9.69 Å². The Hall–Kier alpha value is -3.70. The molecule has 12 heteroatoms. The molecule has 0 bridgehead atoms. The Labute approximate surface area is 263 Å². The Morgan fingerprint density at radius 1 is 0.978 bits per heavy atom. The van der Waals surface area contributed by atoms with E-state index < -0.39 is 41.7 Å². The van der Waals surface area contributed by atoms with Gasteiger partial charge in [-0.1, -0.05) is 13.8 Å². The first-order valence-corrected chi connectivity index (χ1v) is 15.2. The summed E-state index contributed by atoms with van der Waals surface area (Å²) in [6.07, 6.45) is -8.27. The minimum absolute atomic E-state index is 0.0588. The zero-order valence-electron chi connectivity index (χ0n) is 26.3. The fourth-order valence-electron chi connectivity index (χ4n) is 6.96. The highest BCUT2D eigenvalue weighted by atomic mass is 19.4. The van der Waals surface area contributed by atoms with Gasteiger partial charge in [0, 0.05) is 12.1 Å². The predicted octanol–water partition coefficient (Wildman–Crippen LogP) is 8.56. The zero-order valence-corrected chi connectivity index (χ0v) is 26.3. The number of alkyl halides is 6. The molecule has 46 heavy (non-hydrogen) atoms. The first kappa shape index (κ1) is 33.7. The molecular formula is C34H37F6NO5. The van der Waals surface area contributed by atoms with Gasteiger partial charge in [0.15, 0.2) is 0 Å². The summed E-state index contributed by atoms with van der Waals surface area (Å²) in [5.41, 5.74) is 1.35. The normalized spacial score (nSPS) is 23.2. The Morgan fingerprint density at radius 3 is 2.22 bits per heavy atom. The summed E-state index contributed by atoms with van der Waals surface area (Å²) in [5, 5.41) is 0. The molecule has 0 saturated carbocycles. The van der Waals surface area contributed by atoms with E-state index in [0.717, 1.165) is 34.3 Å². The van der Waals surface area contributed by atoms with Crippen LogP contribution in [0.3, 0.4) is 0 Å². The number of esters is 1. The first-order chi connectivity index (χ1) is 21.4. The number of methoxy groups -OCH3 is 2.